The minimum Gasteiger partial charge on any atom is -0.328 e. The summed E-state index contributed by atoms with van der Waals surface area (Å²) < 4.78 is 0. The van der Waals surface area contributed by atoms with Crippen LogP contribution >= 0.6 is 0 Å². The van der Waals surface area contributed by atoms with E-state index in [1.807, 2.05) is 0 Å². The van der Waals surface area contributed by atoms with E-state index in [0.717, 1.165) is 11.8 Å². The molecule has 94 valence electrons. The summed E-state index contributed by atoms with van der Waals surface area (Å²) in [5.74, 6) is 2.86. The van der Waals surface area contributed by atoms with Crippen molar-refractivity contribution in [2.75, 3.05) is 0 Å². The fraction of sp³-hybridized carbons (Fsp3) is 0.353. The molecule has 1 fully saturated rings. The van der Waals surface area contributed by atoms with Crippen molar-refractivity contribution in [1.82, 2.24) is 0 Å². The molecule has 2 radical (unpaired) electrons. The van der Waals surface area contributed by atoms with Gasteiger partial charge in [-0.25, -0.2) is 0 Å². The SMILES string of the molecule is C[CH-]C1CC(c2ccccc2)C2C=CC=CC12.[Y].[Y]. The number of allylic oxidation sites excluding steroid dienone is 4. The summed E-state index contributed by atoms with van der Waals surface area (Å²) >= 11 is 0. The molecule has 2 aliphatic rings. The zero-order chi connectivity index (χ0) is 11.7. The van der Waals surface area contributed by atoms with E-state index in [-0.39, 0.29) is 65.4 Å². The maximum atomic E-state index is 2.41. The van der Waals surface area contributed by atoms with Gasteiger partial charge in [-0.3, -0.25) is 0 Å². The number of rotatable bonds is 2. The van der Waals surface area contributed by atoms with Crippen molar-refractivity contribution in [3.63, 3.8) is 0 Å². The van der Waals surface area contributed by atoms with Gasteiger partial charge in [0, 0.05) is 65.4 Å². The Bertz CT molecular complexity index is 436. The molecule has 0 aromatic heterocycles. The summed E-state index contributed by atoms with van der Waals surface area (Å²) in [6.45, 7) is 2.21. The first-order valence-corrected chi connectivity index (χ1v) is 6.59. The summed E-state index contributed by atoms with van der Waals surface area (Å²) in [6.07, 6.45) is 12.9. The molecular formula is C17H19Y2-. The van der Waals surface area contributed by atoms with E-state index in [4.69, 9.17) is 0 Å². The largest absolute Gasteiger partial charge is 0.328 e. The Morgan fingerprint density at radius 2 is 1.58 bits per heavy atom. The van der Waals surface area contributed by atoms with Crippen LogP contribution in [0.3, 0.4) is 0 Å². The Balaban J connectivity index is 0.000000902. The van der Waals surface area contributed by atoms with E-state index in [1.54, 1.807) is 0 Å². The molecule has 1 aromatic rings. The maximum absolute atomic E-state index is 2.41. The van der Waals surface area contributed by atoms with E-state index in [9.17, 15) is 0 Å². The molecule has 0 N–H and O–H groups in total. The van der Waals surface area contributed by atoms with E-state index in [1.165, 1.54) is 12.0 Å². The molecular weight excluding hydrogens is 382 g/mol. The number of fused-ring (bicyclic) bond motifs is 1. The molecule has 0 spiro atoms. The first-order chi connectivity index (χ1) is 8.40. The minimum atomic E-state index is 0. The van der Waals surface area contributed by atoms with Crippen LogP contribution in [-0.4, -0.2) is 0 Å². The van der Waals surface area contributed by atoms with E-state index >= 15 is 0 Å². The molecule has 0 nitrogen and oxygen atoms in total. The average Bonchev–Trinajstić information content (AvgIpc) is 2.78. The van der Waals surface area contributed by atoms with Gasteiger partial charge in [0.05, 0.1) is 0 Å². The molecule has 4 atom stereocenters. The molecule has 2 aliphatic carbocycles. The Labute approximate surface area is 167 Å². The van der Waals surface area contributed by atoms with E-state index < -0.39 is 0 Å². The number of hydrogen-bond acceptors (Lipinski definition) is 0. The Morgan fingerprint density at radius 3 is 2.21 bits per heavy atom. The zero-order valence-electron chi connectivity index (χ0n) is 11.4. The van der Waals surface area contributed by atoms with Crippen LogP contribution in [0.25, 0.3) is 0 Å². The van der Waals surface area contributed by atoms with Crippen LogP contribution in [0.15, 0.2) is 54.6 Å². The van der Waals surface area contributed by atoms with Crippen molar-refractivity contribution in [1.29, 1.82) is 0 Å². The summed E-state index contributed by atoms with van der Waals surface area (Å²) in [7, 11) is 0. The third-order valence-electron chi connectivity index (χ3n) is 4.36. The fourth-order valence-electron chi connectivity index (χ4n) is 3.50. The molecule has 0 bridgehead atoms. The van der Waals surface area contributed by atoms with Crippen molar-refractivity contribution in [2.24, 2.45) is 17.8 Å². The van der Waals surface area contributed by atoms with E-state index in [2.05, 4.69) is 68.0 Å². The molecule has 4 unspecified atom stereocenters. The van der Waals surface area contributed by atoms with Crippen LogP contribution in [0.2, 0.25) is 0 Å². The van der Waals surface area contributed by atoms with Gasteiger partial charge in [0.25, 0.3) is 0 Å². The first-order valence-electron chi connectivity index (χ1n) is 6.59. The summed E-state index contributed by atoms with van der Waals surface area (Å²) in [6, 6.07) is 11.0. The van der Waals surface area contributed by atoms with Crippen LogP contribution in [0.5, 0.6) is 0 Å². The van der Waals surface area contributed by atoms with Crippen LogP contribution in [0.1, 0.15) is 24.8 Å². The zero-order valence-corrected chi connectivity index (χ0v) is 17.1. The normalized spacial score (nSPS) is 31.2. The van der Waals surface area contributed by atoms with Gasteiger partial charge in [-0.1, -0.05) is 61.1 Å². The van der Waals surface area contributed by atoms with E-state index in [0.29, 0.717) is 11.8 Å². The fourth-order valence-corrected chi connectivity index (χ4v) is 3.50. The first kappa shape index (κ1) is 18.0. The molecule has 19 heavy (non-hydrogen) atoms. The smallest absolute Gasteiger partial charge is 0 e. The third kappa shape index (κ3) is 3.76. The predicted octanol–water partition coefficient (Wildman–Crippen LogP) is 4.37. The van der Waals surface area contributed by atoms with Crippen LogP contribution in [-0.2, 0) is 65.4 Å². The Kier molecular flexibility index (Phi) is 7.92. The third-order valence-corrected chi connectivity index (χ3v) is 4.36. The van der Waals surface area contributed by atoms with Crippen molar-refractivity contribution in [2.45, 2.75) is 19.3 Å². The molecule has 1 saturated carbocycles. The van der Waals surface area contributed by atoms with Crippen LogP contribution in [0, 0.1) is 24.2 Å². The van der Waals surface area contributed by atoms with Crippen molar-refractivity contribution in [3.05, 3.63) is 66.6 Å². The monoisotopic (exact) mass is 401 g/mol. The van der Waals surface area contributed by atoms with Gasteiger partial charge in [-0.2, -0.15) is 12.8 Å². The van der Waals surface area contributed by atoms with Gasteiger partial charge in [0.2, 0.25) is 0 Å². The minimum absolute atomic E-state index is 0. The summed E-state index contributed by atoms with van der Waals surface area (Å²) in [5, 5.41) is 0. The van der Waals surface area contributed by atoms with Crippen molar-refractivity contribution >= 4 is 0 Å². The van der Waals surface area contributed by atoms with Gasteiger partial charge in [-0.05, 0) is 23.3 Å². The Hall–Kier alpha value is 0.908. The second-order valence-corrected chi connectivity index (χ2v) is 5.17. The van der Waals surface area contributed by atoms with Gasteiger partial charge >= 0.3 is 0 Å². The predicted molar refractivity (Wildman–Crippen MR) is 72.5 cm³/mol. The van der Waals surface area contributed by atoms with Gasteiger partial charge in [0.1, 0.15) is 0 Å². The van der Waals surface area contributed by atoms with Crippen molar-refractivity contribution < 1.29 is 65.4 Å². The quantitative estimate of drug-likeness (QED) is 0.646. The van der Waals surface area contributed by atoms with Crippen molar-refractivity contribution in [3.8, 4) is 0 Å². The van der Waals surface area contributed by atoms with Gasteiger partial charge in [-0.15, -0.1) is 0 Å². The molecule has 0 saturated heterocycles. The van der Waals surface area contributed by atoms with Crippen LogP contribution in [0.4, 0.5) is 0 Å². The molecule has 0 aliphatic heterocycles. The topological polar surface area (TPSA) is 0 Å². The molecule has 1 aromatic carbocycles. The summed E-state index contributed by atoms with van der Waals surface area (Å²) in [4.78, 5) is 0. The number of benzene rings is 1. The van der Waals surface area contributed by atoms with Gasteiger partial charge < -0.3 is 6.42 Å². The second-order valence-electron chi connectivity index (χ2n) is 5.17. The van der Waals surface area contributed by atoms with Crippen LogP contribution < -0.4 is 0 Å². The maximum Gasteiger partial charge on any atom is 0 e. The average molecular weight is 401 g/mol. The molecule has 0 amide bonds. The molecule has 0 heterocycles. The van der Waals surface area contributed by atoms with Gasteiger partial charge in [0.15, 0.2) is 0 Å². The summed E-state index contributed by atoms with van der Waals surface area (Å²) in [5.41, 5.74) is 1.51. The second kappa shape index (κ2) is 8.37. The Morgan fingerprint density at radius 1 is 0.947 bits per heavy atom. The standard InChI is InChI=1S/C17H19.2Y/c1-2-13-12-17(14-8-4-3-5-9-14)16-11-7-6-10-15(13)16;;/h2-11,13,15-17H,12H2,1H3;;/q-1;;. The molecule has 3 rings (SSSR count). The molecule has 2 heteroatoms. The number of hydrogen-bond donors (Lipinski definition) is 0.